The van der Waals surface area contributed by atoms with Crippen molar-refractivity contribution >= 4 is 28.3 Å². The molecule has 1 atom stereocenters. The molecule has 0 aromatic carbocycles. The first-order chi connectivity index (χ1) is 13.6. The molecule has 3 aromatic heterocycles. The number of rotatable bonds is 6. The number of fused-ring (bicyclic) bond motifs is 1. The summed E-state index contributed by atoms with van der Waals surface area (Å²) in [6.45, 7) is 1.96. The van der Waals surface area contributed by atoms with E-state index in [1.165, 1.54) is 18.6 Å². The van der Waals surface area contributed by atoms with Gasteiger partial charge in [-0.3, -0.25) is 9.78 Å². The van der Waals surface area contributed by atoms with Crippen molar-refractivity contribution in [2.24, 2.45) is 11.7 Å². The Morgan fingerprint density at radius 1 is 1.24 bits per heavy atom. The van der Waals surface area contributed by atoms with Gasteiger partial charge in [0.2, 0.25) is 5.91 Å². The molecule has 0 unspecified atom stereocenters. The molecule has 0 aliphatic carbocycles. The molecular weight excluding hydrogens is 385 g/mol. The van der Waals surface area contributed by atoms with E-state index >= 15 is 0 Å². The van der Waals surface area contributed by atoms with Gasteiger partial charge in [-0.15, -0.1) is 0 Å². The Kier molecular flexibility index (Phi) is 5.36. The Balaban J connectivity index is 2.10. The summed E-state index contributed by atoms with van der Waals surface area (Å²) in [4.78, 5) is 24.2. The maximum absolute atomic E-state index is 13.3. The Morgan fingerprint density at radius 3 is 2.59 bits per heavy atom. The smallest absolute Gasteiger partial charge is 0.397 e. The number of aromatic amines is 1. The number of pyridine rings is 2. The highest BCUT2D eigenvalue weighted by Crippen LogP contribution is 2.33. The zero-order valence-electron chi connectivity index (χ0n) is 15.9. The van der Waals surface area contributed by atoms with Crippen LogP contribution >= 0.6 is 0 Å². The van der Waals surface area contributed by atoms with Gasteiger partial charge in [0.05, 0.1) is 23.8 Å². The summed E-state index contributed by atoms with van der Waals surface area (Å²) in [5.41, 5.74) is 13.7. The number of nitrogens with zero attached hydrogens (tertiary/aromatic N) is 3. The number of carbonyl (C=O) groups excluding carboxylic acids is 1. The largest absolute Gasteiger partial charge is 0.405 e. The molecule has 0 bridgehead atoms. The number of nitrogens with two attached hydrogens (primary N) is 2. The van der Waals surface area contributed by atoms with Gasteiger partial charge in [0, 0.05) is 28.9 Å². The zero-order valence-corrected chi connectivity index (χ0v) is 15.9. The monoisotopic (exact) mass is 406 g/mol. The average Bonchev–Trinajstić information content (AvgIpc) is 3.02. The quantitative estimate of drug-likeness (QED) is 0.582. The summed E-state index contributed by atoms with van der Waals surface area (Å²) in [5.74, 6) is -1.27. The first-order valence-corrected chi connectivity index (χ1v) is 8.87. The van der Waals surface area contributed by atoms with Crippen molar-refractivity contribution in [2.45, 2.75) is 26.1 Å². The number of nitrogens with one attached hydrogen (secondary N) is 1. The fourth-order valence-corrected chi connectivity index (χ4v) is 3.38. The van der Waals surface area contributed by atoms with Gasteiger partial charge < -0.3 is 21.4 Å². The van der Waals surface area contributed by atoms with Crippen LogP contribution in [0.3, 0.4) is 0 Å². The van der Waals surface area contributed by atoms with E-state index in [-0.39, 0.29) is 5.69 Å². The lowest BCUT2D eigenvalue weighted by molar-refractivity contribution is -0.126. The Morgan fingerprint density at radius 2 is 1.97 bits per heavy atom. The molecule has 3 rings (SSSR count). The standard InChI is InChI=1S/C19H21F3N6O/c1-10(2)16(17(24)29)28(9-19(20,21)22)13-3-11(5-25-7-13)15-8-27-18-14(15)4-12(23)6-26-18/h3-8,10,16H,9,23H2,1-2H3,(H2,24,29)(H,26,27)/t16-/m0/s1. The Hall–Kier alpha value is -3.30. The molecule has 0 aliphatic rings. The van der Waals surface area contributed by atoms with Crippen LogP contribution in [0.25, 0.3) is 22.2 Å². The third-order valence-corrected chi connectivity index (χ3v) is 4.53. The van der Waals surface area contributed by atoms with E-state index < -0.39 is 30.6 Å². The molecule has 1 amide bonds. The molecule has 0 aliphatic heterocycles. The number of hydrogen-bond acceptors (Lipinski definition) is 5. The number of halogens is 3. The number of alkyl halides is 3. The molecule has 10 heteroatoms. The summed E-state index contributed by atoms with van der Waals surface area (Å²) in [7, 11) is 0. The van der Waals surface area contributed by atoms with Crippen molar-refractivity contribution in [1.82, 2.24) is 15.0 Å². The van der Waals surface area contributed by atoms with Crippen LogP contribution in [-0.4, -0.2) is 39.6 Å². The van der Waals surface area contributed by atoms with E-state index in [4.69, 9.17) is 11.5 Å². The molecule has 154 valence electrons. The van der Waals surface area contributed by atoms with Crippen molar-refractivity contribution in [3.8, 4) is 11.1 Å². The fraction of sp³-hybridized carbons (Fsp3) is 0.316. The zero-order chi connectivity index (χ0) is 21.3. The van der Waals surface area contributed by atoms with E-state index in [9.17, 15) is 18.0 Å². The number of aromatic nitrogens is 3. The summed E-state index contributed by atoms with van der Waals surface area (Å²) in [5, 5.41) is 0.710. The lowest BCUT2D eigenvalue weighted by Gasteiger charge is -2.34. The van der Waals surface area contributed by atoms with Crippen LogP contribution in [0.5, 0.6) is 0 Å². The molecule has 0 radical (unpaired) electrons. The van der Waals surface area contributed by atoms with Crippen LogP contribution in [0.15, 0.2) is 36.9 Å². The van der Waals surface area contributed by atoms with Crippen molar-refractivity contribution in [3.05, 3.63) is 36.9 Å². The number of anilines is 2. The molecule has 5 N–H and O–H groups in total. The van der Waals surface area contributed by atoms with Crippen LogP contribution in [0.4, 0.5) is 24.5 Å². The third kappa shape index (κ3) is 4.41. The van der Waals surface area contributed by atoms with Gasteiger partial charge >= 0.3 is 6.18 Å². The lowest BCUT2D eigenvalue weighted by Crippen LogP contribution is -2.51. The van der Waals surface area contributed by atoms with Gasteiger partial charge in [-0.2, -0.15) is 13.2 Å². The van der Waals surface area contributed by atoms with E-state index in [0.29, 0.717) is 27.8 Å². The highest BCUT2D eigenvalue weighted by molar-refractivity contribution is 5.95. The maximum Gasteiger partial charge on any atom is 0.405 e. The maximum atomic E-state index is 13.3. The minimum Gasteiger partial charge on any atom is -0.397 e. The highest BCUT2D eigenvalue weighted by atomic mass is 19.4. The number of hydrogen-bond donors (Lipinski definition) is 3. The minimum atomic E-state index is -4.53. The molecular formula is C19H21F3N6O. The number of nitrogen functional groups attached to an aromatic ring is 1. The van der Waals surface area contributed by atoms with Crippen LogP contribution in [-0.2, 0) is 4.79 Å². The molecule has 3 heterocycles. The Bertz CT molecular complexity index is 1030. The van der Waals surface area contributed by atoms with Gasteiger partial charge in [-0.1, -0.05) is 13.8 Å². The van der Waals surface area contributed by atoms with Gasteiger partial charge in [0.1, 0.15) is 18.2 Å². The highest BCUT2D eigenvalue weighted by Gasteiger charge is 2.37. The Labute approximate surface area is 164 Å². The first kappa shape index (κ1) is 20.4. The van der Waals surface area contributed by atoms with E-state index in [0.717, 1.165) is 4.90 Å². The van der Waals surface area contributed by atoms with Gasteiger partial charge in [0.25, 0.3) is 0 Å². The van der Waals surface area contributed by atoms with E-state index in [1.807, 2.05) is 0 Å². The second kappa shape index (κ2) is 7.61. The van der Waals surface area contributed by atoms with Gasteiger partial charge in [-0.25, -0.2) is 4.98 Å². The number of primary amides is 1. The van der Waals surface area contributed by atoms with Crippen molar-refractivity contribution in [1.29, 1.82) is 0 Å². The SMILES string of the molecule is CC(C)[C@@H](C(N)=O)N(CC(F)(F)F)c1cncc(-c2c[nH]c3ncc(N)cc23)c1. The molecule has 0 fully saturated rings. The van der Waals surface area contributed by atoms with Crippen molar-refractivity contribution in [3.63, 3.8) is 0 Å². The molecule has 7 nitrogen and oxygen atoms in total. The van der Waals surface area contributed by atoms with Gasteiger partial charge in [0.15, 0.2) is 0 Å². The molecule has 0 spiro atoms. The van der Waals surface area contributed by atoms with Crippen LogP contribution in [0.1, 0.15) is 13.8 Å². The molecule has 0 saturated heterocycles. The van der Waals surface area contributed by atoms with Crippen molar-refractivity contribution < 1.29 is 18.0 Å². The second-order valence-electron chi connectivity index (χ2n) is 7.13. The normalized spacial score (nSPS) is 13.0. The lowest BCUT2D eigenvalue weighted by atomic mass is 10.0. The van der Waals surface area contributed by atoms with Crippen LogP contribution in [0.2, 0.25) is 0 Å². The minimum absolute atomic E-state index is 0.142. The molecule has 3 aromatic rings. The summed E-state index contributed by atoms with van der Waals surface area (Å²) in [6, 6.07) is 2.12. The number of H-pyrrole nitrogens is 1. The average molecular weight is 406 g/mol. The summed E-state index contributed by atoms with van der Waals surface area (Å²) in [6.07, 6.45) is 1.46. The summed E-state index contributed by atoms with van der Waals surface area (Å²) < 4.78 is 39.8. The second-order valence-corrected chi connectivity index (χ2v) is 7.13. The fourth-order valence-electron chi connectivity index (χ4n) is 3.38. The first-order valence-electron chi connectivity index (χ1n) is 8.87. The summed E-state index contributed by atoms with van der Waals surface area (Å²) >= 11 is 0. The van der Waals surface area contributed by atoms with Crippen molar-refractivity contribution in [2.75, 3.05) is 17.2 Å². The van der Waals surface area contributed by atoms with E-state index in [1.54, 1.807) is 32.2 Å². The number of amides is 1. The molecule has 0 saturated carbocycles. The van der Waals surface area contributed by atoms with Crippen LogP contribution in [0, 0.1) is 5.92 Å². The predicted molar refractivity (Wildman–Crippen MR) is 105 cm³/mol. The topological polar surface area (TPSA) is 114 Å². The third-order valence-electron chi connectivity index (χ3n) is 4.53. The van der Waals surface area contributed by atoms with Gasteiger partial charge in [-0.05, 0) is 18.1 Å². The predicted octanol–water partition coefficient (Wildman–Crippen LogP) is 3.09. The van der Waals surface area contributed by atoms with Crippen LogP contribution < -0.4 is 16.4 Å². The van der Waals surface area contributed by atoms with E-state index in [2.05, 4.69) is 15.0 Å². The number of carbonyl (C=O) groups is 1. The molecule has 29 heavy (non-hydrogen) atoms.